The molecule has 0 radical (unpaired) electrons. The number of carbonyl (C=O) groups excluding carboxylic acids is 3. The Labute approximate surface area is 502 Å². The minimum absolute atomic E-state index is 0.0917. The van der Waals surface area contributed by atoms with Crippen LogP contribution in [0.1, 0.15) is 342 Å². The molecule has 0 aromatic carbocycles. The number of hydrogen-bond donors (Lipinski definition) is 0. The van der Waals surface area contributed by atoms with Crippen LogP contribution in [0.2, 0.25) is 0 Å². The number of allylic oxidation sites excluding steroid dienone is 16. The van der Waals surface area contributed by atoms with Gasteiger partial charge in [0, 0.05) is 19.3 Å². The van der Waals surface area contributed by atoms with E-state index in [1.54, 1.807) is 0 Å². The average molecular weight is 1130 g/mol. The minimum atomic E-state index is -0.799. The van der Waals surface area contributed by atoms with E-state index >= 15 is 0 Å². The van der Waals surface area contributed by atoms with E-state index in [-0.39, 0.29) is 31.1 Å². The number of rotatable bonds is 63. The lowest BCUT2D eigenvalue weighted by atomic mass is 10.0. The van der Waals surface area contributed by atoms with Gasteiger partial charge in [0.15, 0.2) is 6.10 Å². The number of unbranched alkanes of at least 4 members (excludes halogenated alkanes) is 36. The third-order valence-electron chi connectivity index (χ3n) is 15.1. The number of carbonyl (C=O) groups is 3. The van der Waals surface area contributed by atoms with Crippen molar-refractivity contribution in [3.8, 4) is 0 Å². The molecule has 466 valence electrons. The Morgan fingerprint density at radius 1 is 0.259 bits per heavy atom. The molecule has 81 heavy (non-hydrogen) atoms. The van der Waals surface area contributed by atoms with Gasteiger partial charge in [-0.25, -0.2) is 0 Å². The first-order valence-electron chi connectivity index (χ1n) is 34.7. The fraction of sp³-hybridized carbons (Fsp3) is 0.747. The van der Waals surface area contributed by atoms with E-state index in [1.807, 2.05) is 0 Å². The van der Waals surface area contributed by atoms with Gasteiger partial charge in [-0.1, -0.05) is 304 Å². The van der Waals surface area contributed by atoms with E-state index in [1.165, 1.54) is 173 Å². The van der Waals surface area contributed by atoms with Gasteiger partial charge in [-0.15, -0.1) is 0 Å². The van der Waals surface area contributed by atoms with Gasteiger partial charge in [0.1, 0.15) is 13.2 Å². The molecule has 0 aromatic rings. The van der Waals surface area contributed by atoms with Crippen LogP contribution < -0.4 is 0 Å². The molecule has 1 unspecified atom stereocenters. The first kappa shape index (κ1) is 77.3. The minimum Gasteiger partial charge on any atom is -0.462 e. The van der Waals surface area contributed by atoms with Gasteiger partial charge in [0.2, 0.25) is 0 Å². The summed E-state index contributed by atoms with van der Waals surface area (Å²) in [6.07, 6.45) is 93.2. The van der Waals surface area contributed by atoms with Gasteiger partial charge in [-0.05, 0) is 116 Å². The van der Waals surface area contributed by atoms with Crippen molar-refractivity contribution in [1.82, 2.24) is 0 Å². The van der Waals surface area contributed by atoms with Crippen LogP contribution in [0.5, 0.6) is 0 Å². The van der Waals surface area contributed by atoms with Gasteiger partial charge in [-0.2, -0.15) is 0 Å². The van der Waals surface area contributed by atoms with Gasteiger partial charge in [0.25, 0.3) is 0 Å². The zero-order valence-corrected chi connectivity index (χ0v) is 53.5. The van der Waals surface area contributed by atoms with Crippen LogP contribution in [-0.2, 0) is 28.6 Å². The van der Waals surface area contributed by atoms with Crippen molar-refractivity contribution in [3.05, 3.63) is 97.2 Å². The Kier molecular flexibility index (Phi) is 65.7. The van der Waals surface area contributed by atoms with E-state index in [0.717, 1.165) is 128 Å². The highest BCUT2D eigenvalue weighted by molar-refractivity contribution is 5.71. The molecule has 0 saturated carbocycles. The van der Waals surface area contributed by atoms with E-state index in [4.69, 9.17) is 14.2 Å². The third kappa shape index (κ3) is 67.0. The predicted octanol–water partition coefficient (Wildman–Crippen LogP) is 24.0. The van der Waals surface area contributed by atoms with Crippen LogP contribution in [0, 0.1) is 0 Å². The van der Waals surface area contributed by atoms with Crippen molar-refractivity contribution in [2.45, 2.75) is 348 Å². The van der Waals surface area contributed by atoms with Crippen LogP contribution in [0.4, 0.5) is 0 Å². The Morgan fingerprint density at radius 2 is 0.481 bits per heavy atom. The van der Waals surface area contributed by atoms with Crippen LogP contribution in [-0.4, -0.2) is 37.2 Å². The normalized spacial score (nSPS) is 12.7. The lowest BCUT2D eigenvalue weighted by Gasteiger charge is -2.18. The molecule has 0 aliphatic rings. The Balaban J connectivity index is 4.10. The number of ether oxygens (including phenoxy) is 3. The summed E-state index contributed by atoms with van der Waals surface area (Å²) in [5, 5.41) is 0. The summed E-state index contributed by atoms with van der Waals surface area (Å²) in [7, 11) is 0. The second kappa shape index (κ2) is 68.8. The molecule has 0 heterocycles. The molecule has 6 nitrogen and oxygen atoms in total. The van der Waals surface area contributed by atoms with Gasteiger partial charge in [-0.3, -0.25) is 14.4 Å². The first-order chi connectivity index (χ1) is 40.0. The second-order valence-corrected chi connectivity index (χ2v) is 23.0. The maximum Gasteiger partial charge on any atom is 0.306 e. The molecule has 0 aromatic heterocycles. The van der Waals surface area contributed by atoms with Crippen LogP contribution in [0.25, 0.3) is 0 Å². The summed E-state index contributed by atoms with van der Waals surface area (Å²) in [5.41, 5.74) is 0. The highest BCUT2D eigenvalue weighted by atomic mass is 16.6. The average Bonchev–Trinajstić information content (AvgIpc) is 3.46. The molecule has 0 saturated heterocycles. The van der Waals surface area contributed by atoms with Gasteiger partial charge < -0.3 is 14.2 Å². The van der Waals surface area contributed by atoms with Crippen molar-refractivity contribution in [2.75, 3.05) is 13.2 Å². The van der Waals surface area contributed by atoms with E-state index in [2.05, 4.69) is 118 Å². The Morgan fingerprint density at radius 3 is 0.765 bits per heavy atom. The van der Waals surface area contributed by atoms with Gasteiger partial charge >= 0.3 is 17.9 Å². The monoisotopic (exact) mass is 1130 g/mol. The standard InChI is InChI=1S/C75H130O6/c1-4-7-10-13-16-19-22-25-27-28-29-30-31-32-33-34-35-36-37-38-39-40-41-42-43-44-45-46-48-50-53-56-59-62-65-68-74(77)80-71-72(70-79-73(76)67-64-61-58-55-52-49-24-21-18-15-12-9-6-3)81-75(78)69-66-63-60-57-54-51-47-26-23-20-17-14-11-8-5-2/h8-9,11-12,17-18,20-22,25-26,28-29,47,49,52,72H,4-7,10,13-16,19,23-24,27,30-46,48,50-51,53-71H2,1-3H3/b11-8-,12-9-,20-17-,21-18-,25-22-,29-28-,47-26-,52-49-. The molecule has 1 atom stereocenters. The van der Waals surface area contributed by atoms with E-state index in [9.17, 15) is 14.4 Å². The first-order valence-corrected chi connectivity index (χ1v) is 34.7. The molecule has 0 N–H and O–H groups in total. The van der Waals surface area contributed by atoms with Crippen molar-refractivity contribution >= 4 is 17.9 Å². The van der Waals surface area contributed by atoms with Crippen molar-refractivity contribution in [1.29, 1.82) is 0 Å². The summed E-state index contributed by atoms with van der Waals surface area (Å²) in [5.74, 6) is -0.928. The molecule has 0 fully saturated rings. The highest BCUT2D eigenvalue weighted by Gasteiger charge is 2.19. The number of hydrogen-bond acceptors (Lipinski definition) is 6. The fourth-order valence-corrected chi connectivity index (χ4v) is 9.92. The molecule has 6 heteroatoms. The largest absolute Gasteiger partial charge is 0.462 e. The zero-order chi connectivity index (χ0) is 58.5. The van der Waals surface area contributed by atoms with Crippen molar-refractivity contribution < 1.29 is 28.6 Å². The topological polar surface area (TPSA) is 78.9 Å². The summed E-state index contributed by atoms with van der Waals surface area (Å²) in [6, 6.07) is 0. The molecule has 0 amide bonds. The summed E-state index contributed by atoms with van der Waals surface area (Å²) >= 11 is 0. The van der Waals surface area contributed by atoms with E-state index < -0.39 is 6.10 Å². The quantitative estimate of drug-likeness (QED) is 0.0261. The van der Waals surface area contributed by atoms with Crippen molar-refractivity contribution in [2.24, 2.45) is 0 Å². The summed E-state index contributed by atoms with van der Waals surface area (Å²) < 4.78 is 16.9. The third-order valence-corrected chi connectivity index (χ3v) is 15.1. The molecular formula is C75H130O6. The molecule has 0 aliphatic heterocycles. The van der Waals surface area contributed by atoms with Crippen molar-refractivity contribution in [3.63, 3.8) is 0 Å². The zero-order valence-electron chi connectivity index (χ0n) is 53.5. The molecule has 0 spiro atoms. The maximum atomic E-state index is 12.9. The summed E-state index contributed by atoms with van der Waals surface area (Å²) in [4.78, 5) is 38.3. The smallest absolute Gasteiger partial charge is 0.306 e. The highest BCUT2D eigenvalue weighted by Crippen LogP contribution is 2.17. The Hall–Kier alpha value is -3.67. The van der Waals surface area contributed by atoms with Gasteiger partial charge in [0.05, 0.1) is 0 Å². The van der Waals surface area contributed by atoms with E-state index in [0.29, 0.717) is 19.3 Å². The molecule has 0 aliphatic carbocycles. The maximum absolute atomic E-state index is 12.9. The fourth-order valence-electron chi connectivity index (χ4n) is 9.92. The van der Waals surface area contributed by atoms with Crippen LogP contribution >= 0.6 is 0 Å². The molecular weight excluding hydrogens is 997 g/mol. The number of esters is 3. The second-order valence-electron chi connectivity index (χ2n) is 23.0. The summed E-state index contributed by atoms with van der Waals surface area (Å²) in [6.45, 7) is 6.39. The SMILES string of the molecule is CC/C=C\C/C=C\C/C=C\CCCCCCCC(=O)OC(COC(=O)CCCCC/C=C\C/C=C\C/C=C\CC)COC(=O)CCCCCCCCCCCCCCCCCCCCCCCCC/C=C\C/C=C\CCCCCCC. The van der Waals surface area contributed by atoms with Crippen LogP contribution in [0.15, 0.2) is 97.2 Å². The predicted molar refractivity (Wildman–Crippen MR) is 353 cm³/mol. The molecule has 0 rings (SSSR count). The Bertz CT molecular complexity index is 1580. The molecule has 0 bridgehead atoms. The lowest BCUT2D eigenvalue weighted by Crippen LogP contribution is -2.30. The lowest BCUT2D eigenvalue weighted by molar-refractivity contribution is -0.167. The van der Waals surface area contributed by atoms with Crippen LogP contribution in [0.3, 0.4) is 0 Å².